The molecule has 2 N–H and O–H groups in total. The number of hydrogen-bond acceptors (Lipinski definition) is 2. The molecule has 0 aliphatic carbocycles. The summed E-state index contributed by atoms with van der Waals surface area (Å²) >= 11 is 2.05. The van der Waals surface area contributed by atoms with Crippen molar-refractivity contribution in [2.24, 2.45) is 0 Å². The molecule has 1 aromatic carbocycles. The van der Waals surface area contributed by atoms with Gasteiger partial charge in [0.25, 0.3) is 0 Å². The van der Waals surface area contributed by atoms with E-state index in [4.69, 9.17) is 0 Å². The van der Waals surface area contributed by atoms with Crippen LogP contribution in [0.1, 0.15) is 70.4 Å². The third kappa shape index (κ3) is 6.30. The average Bonchev–Trinajstić information content (AvgIpc) is 2.56. The van der Waals surface area contributed by atoms with Gasteiger partial charge in [0.1, 0.15) is 0 Å². The zero-order chi connectivity index (χ0) is 18.8. The van der Waals surface area contributed by atoms with Gasteiger partial charge in [-0.2, -0.15) is 0 Å². The van der Waals surface area contributed by atoms with Crippen molar-refractivity contribution in [3.63, 3.8) is 0 Å². The highest BCUT2D eigenvalue weighted by Crippen LogP contribution is 2.28. The highest BCUT2D eigenvalue weighted by Gasteiger charge is 2.24. The van der Waals surface area contributed by atoms with Crippen molar-refractivity contribution < 1.29 is 19.8 Å². The molecule has 0 amide bonds. The Labute approximate surface area is 162 Å². The fraction of sp³-hybridized carbons (Fsp3) is 0.400. The Morgan fingerprint density at radius 1 is 0.920 bits per heavy atom. The van der Waals surface area contributed by atoms with Crippen molar-refractivity contribution in [3.05, 3.63) is 57.2 Å². The number of unbranched alkanes of at least 4 members (excludes halogenated alkanes) is 4. The van der Waals surface area contributed by atoms with E-state index in [9.17, 15) is 19.8 Å². The van der Waals surface area contributed by atoms with Crippen LogP contribution in [0.5, 0.6) is 0 Å². The molecule has 25 heavy (non-hydrogen) atoms. The van der Waals surface area contributed by atoms with Crippen molar-refractivity contribution in [2.75, 3.05) is 0 Å². The van der Waals surface area contributed by atoms with Gasteiger partial charge in [0, 0.05) is 3.57 Å². The minimum Gasteiger partial charge on any atom is -0.478 e. The van der Waals surface area contributed by atoms with Crippen LogP contribution in [0, 0.1) is 3.57 Å². The van der Waals surface area contributed by atoms with Crippen LogP contribution < -0.4 is 0 Å². The summed E-state index contributed by atoms with van der Waals surface area (Å²) in [5.74, 6) is -2.11. The molecule has 4 nitrogen and oxygen atoms in total. The molecule has 0 aromatic heterocycles. The third-order valence-corrected chi connectivity index (χ3v) is 5.06. The summed E-state index contributed by atoms with van der Waals surface area (Å²) in [5, 5.41) is 19.3. The minimum absolute atomic E-state index is 0.107. The molecule has 136 valence electrons. The van der Waals surface area contributed by atoms with Crippen molar-refractivity contribution >= 4 is 34.5 Å². The second-order valence-corrected chi connectivity index (χ2v) is 7.08. The second kappa shape index (κ2) is 11.1. The molecule has 0 radical (unpaired) electrons. The van der Waals surface area contributed by atoms with Crippen LogP contribution in [0.4, 0.5) is 0 Å². The number of aromatic carboxylic acids is 2. The van der Waals surface area contributed by atoms with Gasteiger partial charge in [-0.25, -0.2) is 9.59 Å². The SMILES string of the molecule is C=CCCCCc1c(I)cc(C(=O)O)c(CCCCC=C)c1C(=O)O. The fourth-order valence-corrected chi connectivity index (χ4v) is 3.72. The van der Waals surface area contributed by atoms with Gasteiger partial charge < -0.3 is 10.2 Å². The minimum atomic E-state index is -1.07. The van der Waals surface area contributed by atoms with Gasteiger partial charge in [-0.1, -0.05) is 12.2 Å². The number of carboxylic acids is 2. The smallest absolute Gasteiger partial charge is 0.336 e. The van der Waals surface area contributed by atoms with Crippen LogP contribution in [0.15, 0.2) is 31.4 Å². The van der Waals surface area contributed by atoms with Gasteiger partial charge in [-0.05, 0) is 91.2 Å². The van der Waals surface area contributed by atoms with Crippen LogP contribution in [-0.2, 0) is 12.8 Å². The van der Waals surface area contributed by atoms with E-state index < -0.39 is 11.9 Å². The maximum Gasteiger partial charge on any atom is 0.336 e. The molecule has 0 heterocycles. The first-order valence-electron chi connectivity index (χ1n) is 8.46. The Hall–Kier alpha value is -1.63. The van der Waals surface area contributed by atoms with Crippen molar-refractivity contribution in [3.8, 4) is 0 Å². The molecule has 0 fully saturated rings. The maximum atomic E-state index is 11.9. The molecule has 0 aliphatic heterocycles. The van der Waals surface area contributed by atoms with Crippen LogP contribution in [0.25, 0.3) is 0 Å². The summed E-state index contributed by atoms with van der Waals surface area (Å²) in [4.78, 5) is 23.5. The first-order valence-corrected chi connectivity index (χ1v) is 9.54. The zero-order valence-corrected chi connectivity index (χ0v) is 16.5. The zero-order valence-electron chi connectivity index (χ0n) is 14.4. The number of rotatable bonds is 12. The third-order valence-electron chi connectivity index (χ3n) is 4.10. The molecule has 1 rings (SSSR count). The predicted molar refractivity (Wildman–Crippen MR) is 109 cm³/mol. The number of allylic oxidation sites excluding steroid dienone is 2. The normalized spacial score (nSPS) is 10.4. The molecule has 0 spiro atoms. The van der Waals surface area contributed by atoms with E-state index in [0.29, 0.717) is 22.0 Å². The Morgan fingerprint density at radius 3 is 1.88 bits per heavy atom. The summed E-state index contributed by atoms with van der Waals surface area (Å²) in [7, 11) is 0. The number of carboxylic acid groups (broad SMARTS) is 2. The first-order chi connectivity index (χ1) is 11.9. The lowest BCUT2D eigenvalue weighted by Crippen LogP contribution is -2.15. The largest absolute Gasteiger partial charge is 0.478 e. The van der Waals surface area contributed by atoms with E-state index in [-0.39, 0.29) is 11.1 Å². The van der Waals surface area contributed by atoms with Gasteiger partial charge in [-0.15, -0.1) is 13.2 Å². The first kappa shape index (κ1) is 21.4. The molecule has 1 aromatic rings. The Kier molecular flexibility index (Phi) is 9.49. The van der Waals surface area contributed by atoms with E-state index in [1.807, 2.05) is 34.7 Å². The Bertz CT molecular complexity index is 650. The molecule has 0 unspecified atom stereocenters. The van der Waals surface area contributed by atoms with E-state index in [2.05, 4.69) is 13.2 Å². The maximum absolute atomic E-state index is 11.9. The van der Waals surface area contributed by atoms with E-state index in [1.54, 1.807) is 6.07 Å². The van der Waals surface area contributed by atoms with Crippen LogP contribution >= 0.6 is 22.6 Å². The molecule has 0 saturated heterocycles. The molecule has 0 saturated carbocycles. The second-order valence-electron chi connectivity index (χ2n) is 5.92. The summed E-state index contributed by atoms with van der Waals surface area (Å²) in [6.07, 6.45) is 9.87. The number of carbonyl (C=O) groups is 2. The van der Waals surface area contributed by atoms with Crippen molar-refractivity contribution in [1.29, 1.82) is 0 Å². The van der Waals surface area contributed by atoms with E-state index in [0.717, 1.165) is 44.1 Å². The lowest BCUT2D eigenvalue weighted by atomic mass is 9.90. The predicted octanol–water partition coefficient (Wildman–Crippen LogP) is 5.49. The average molecular weight is 456 g/mol. The van der Waals surface area contributed by atoms with Crippen LogP contribution in [0.3, 0.4) is 0 Å². The number of hydrogen-bond donors (Lipinski definition) is 2. The van der Waals surface area contributed by atoms with Gasteiger partial charge in [0.05, 0.1) is 11.1 Å². The molecular formula is C20H25IO4. The number of benzene rings is 1. The van der Waals surface area contributed by atoms with Crippen LogP contribution in [-0.4, -0.2) is 22.2 Å². The molecular weight excluding hydrogens is 431 g/mol. The van der Waals surface area contributed by atoms with Crippen molar-refractivity contribution in [1.82, 2.24) is 0 Å². The fourth-order valence-electron chi connectivity index (χ4n) is 2.87. The van der Waals surface area contributed by atoms with Gasteiger partial charge in [-0.3, -0.25) is 0 Å². The highest BCUT2D eigenvalue weighted by molar-refractivity contribution is 14.1. The molecule has 0 aliphatic rings. The van der Waals surface area contributed by atoms with Gasteiger partial charge in [0.15, 0.2) is 0 Å². The van der Waals surface area contributed by atoms with Crippen LogP contribution in [0.2, 0.25) is 0 Å². The molecule has 5 heteroatoms. The topological polar surface area (TPSA) is 74.6 Å². The lowest BCUT2D eigenvalue weighted by Gasteiger charge is -2.17. The standard InChI is InChI=1S/C20H25IO4/c1-3-5-7-9-11-14-16(19(22)23)13-17(21)15(18(14)20(24)25)12-10-8-6-4-2/h3-4,13H,1-2,5-12H2,(H,22,23)(H,24,25). The summed E-state index contributed by atoms with van der Waals surface area (Å²) in [6.45, 7) is 7.37. The van der Waals surface area contributed by atoms with Gasteiger partial charge in [0.2, 0.25) is 0 Å². The number of halogens is 1. The Morgan fingerprint density at radius 2 is 1.44 bits per heavy atom. The summed E-state index contributed by atoms with van der Waals surface area (Å²) in [5.41, 5.74) is 1.49. The van der Waals surface area contributed by atoms with E-state index in [1.165, 1.54) is 0 Å². The quantitative estimate of drug-likeness (QED) is 0.248. The van der Waals surface area contributed by atoms with E-state index >= 15 is 0 Å². The lowest BCUT2D eigenvalue weighted by molar-refractivity contribution is 0.0694. The monoisotopic (exact) mass is 456 g/mol. The Balaban J connectivity index is 3.26. The molecule has 0 atom stereocenters. The highest BCUT2D eigenvalue weighted by atomic mass is 127. The summed E-state index contributed by atoms with van der Waals surface area (Å²) in [6, 6.07) is 1.61. The van der Waals surface area contributed by atoms with Crippen molar-refractivity contribution in [2.45, 2.75) is 51.4 Å². The summed E-state index contributed by atoms with van der Waals surface area (Å²) < 4.78 is 0.709. The molecule has 0 bridgehead atoms. The van der Waals surface area contributed by atoms with Gasteiger partial charge >= 0.3 is 11.9 Å².